The van der Waals surface area contributed by atoms with Gasteiger partial charge in [0.2, 0.25) is 11.8 Å². The molecule has 282 valence electrons. The monoisotopic (exact) mass is 802 g/mol. The summed E-state index contributed by atoms with van der Waals surface area (Å²) in [7, 11) is 6.22. The van der Waals surface area contributed by atoms with Crippen LogP contribution in [0.4, 0.5) is 21.2 Å². The van der Waals surface area contributed by atoms with E-state index in [1.54, 1.807) is 95.2 Å². The van der Waals surface area contributed by atoms with Crippen LogP contribution in [0.15, 0.2) is 79.4 Å². The lowest BCUT2D eigenvalue weighted by Crippen LogP contribution is -2.18. The lowest BCUT2D eigenvalue weighted by atomic mass is 10.2. The second-order valence-corrected chi connectivity index (χ2v) is 12.9. The van der Waals surface area contributed by atoms with Gasteiger partial charge in [-0.1, -0.05) is 23.2 Å². The van der Waals surface area contributed by atoms with Crippen LogP contribution in [-0.4, -0.2) is 58.8 Å². The predicted octanol–water partition coefficient (Wildman–Crippen LogP) is 9.18. The number of nitrogen functional groups attached to an aromatic ring is 1. The van der Waals surface area contributed by atoms with E-state index in [4.69, 9.17) is 57.4 Å². The number of aryl methyl sites for hydroxylation is 1. The van der Waals surface area contributed by atoms with Crippen LogP contribution in [0.3, 0.4) is 0 Å². The molecule has 0 bridgehead atoms. The number of methoxy groups -OCH3 is 4. The number of fused-ring (bicyclic) bond motifs is 2. The fourth-order valence-corrected chi connectivity index (χ4v) is 6.15. The number of halogens is 2. The first kappa shape index (κ1) is 38.4. The van der Waals surface area contributed by atoms with Gasteiger partial charge >= 0.3 is 6.03 Å². The largest absolute Gasteiger partial charge is 0.493 e. The van der Waals surface area contributed by atoms with E-state index in [-0.39, 0.29) is 0 Å². The highest BCUT2D eigenvalue weighted by molar-refractivity contribution is 7.10. The molecule has 15 nitrogen and oxygen atoms in total. The first-order valence-electron chi connectivity index (χ1n) is 16.0. The number of urea groups is 1. The highest BCUT2D eigenvalue weighted by atomic mass is 35.5. The number of hydrogen-bond acceptors (Lipinski definition) is 14. The number of nitrogens with two attached hydrogens (primary N) is 1. The summed E-state index contributed by atoms with van der Waals surface area (Å²) in [5, 5.41) is 8.09. The Hall–Kier alpha value is -6.36. The Labute approximate surface area is 328 Å². The third-order valence-electron chi connectivity index (χ3n) is 7.63. The van der Waals surface area contributed by atoms with E-state index in [1.165, 1.54) is 24.2 Å². The van der Waals surface area contributed by atoms with Crippen molar-refractivity contribution in [1.82, 2.24) is 24.3 Å². The summed E-state index contributed by atoms with van der Waals surface area (Å²) in [6.07, 6.45) is 2.80. The van der Waals surface area contributed by atoms with Crippen molar-refractivity contribution in [2.24, 2.45) is 0 Å². The van der Waals surface area contributed by atoms with Crippen LogP contribution in [0.1, 0.15) is 5.69 Å². The molecular weight excluding hydrogens is 771 g/mol. The molecule has 0 unspecified atom stereocenters. The highest BCUT2D eigenvalue weighted by Gasteiger charge is 2.16. The molecule has 0 saturated carbocycles. The lowest BCUT2D eigenvalue weighted by molar-refractivity contribution is 0.262. The number of anilines is 3. The number of aromatic nitrogens is 5. The standard InChI is InChI=1S/C21H18ClN5O4S.C16H14ClN3O3/c1-11-6-19(32-27-11)26-21(28)25-12-4-5-16(14(22)7-12)31-20-13-8-17(29-2)18(30-3)9-15(13)23-10-24-20;1-21-14-6-10-12(7-15(14)22-2)19-8-20-16(10)23-13-4-3-9(18)5-11(13)17/h4-10H,1-3H3,(H2,25,26,28);3-8H,18H2,1-2H3. The molecule has 0 fully saturated rings. The maximum absolute atomic E-state index is 12.2. The average Bonchev–Trinajstić information content (AvgIpc) is 3.59. The predicted molar refractivity (Wildman–Crippen MR) is 212 cm³/mol. The third-order valence-corrected chi connectivity index (χ3v) is 9.02. The van der Waals surface area contributed by atoms with Gasteiger partial charge in [-0.05, 0) is 73.1 Å². The summed E-state index contributed by atoms with van der Waals surface area (Å²) < 4.78 is 37.1. The smallest absolute Gasteiger partial charge is 0.324 e. The Morgan fingerprint density at radius 3 is 1.62 bits per heavy atom. The second-order valence-electron chi connectivity index (χ2n) is 11.3. The van der Waals surface area contributed by atoms with Crippen molar-refractivity contribution in [2.45, 2.75) is 6.92 Å². The van der Waals surface area contributed by atoms with Crippen molar-refractivity contribution in [1.29, 1.82) is 0 Å². The van der Waals surface area contributed by atoms with Gasteiger partial charge in [0, 0.05) is 23.5 Å². The fraction of sp³-hybridized carbons (Fsp3) is 0.135. The summed E-state index contributed by atoms with van der Waals surface area (Å²) >= 11 is 13.7. The van der Waals surface area contributed by atoms with Crippen LogP contribution in [0.25, 0.3) is 21.8 Å². The first-order valence-corrected chi connectivity index (χ1v) is 17.6. The molecule has 0 aliphatic heterocycles. The number of amides is 2. The van der Waals surface area contributed by atoms with Gasteiger partial charge in [-0.3, -0.25) is 5.32 Å². The average molecular weight is 804 g/mol. The number of ether oxygens (including phenoxy) is 6. The molecule has 3 aromatic heterocycles. The Bertz CT molecular complexity index is 2510. The Kier molecular flexibility index (Phi) is 12.0. The van der Waals surface area contributed by atoms with Crippen molar-refractivity contribution in [2.75, 3.05) is 44.8 Å². The first-order chi connectivity index (χ1) is 26.6. The number of benzene rings is 4. The molecule has 0 radical (unpaired) electrons. The van der Waals surface area contributed by atoms with Crippen molar-refractivity contribution in [3.8, 4) is 46.3 Å². The van der Waals surface area contributed by atoms with Crippen molar-refractivity contribution in [3.63, 3.8) is 0 Å². The number of carbonyl (C=O) groups excluding carboxylic acids is 1. The Balaban J connectivity index is 0.000000197. The molecule has 7 aromatic rings. The SMILES string of the molecule is COc1cc2ncnc(Oc3ccc(N)cc3Cl)c2cc1OC.COc1cc2ncnc(Oc3ccc(NC(=O)Nc4cc(C)ns4)cc3Cl)c2cc1OC. The van der Waals surface area contributed by atoms with Crippen LogP contribution >= 0.6 is 34.7 Å². The molecule has 0 aliphatic rings. The molecule has 7 rings (SSSR count). The molecule has 3 heterocycles. The normalized spacial score (nSPS) is 10.6. The highest BCUT2D eigenvalue weighted by Crippen LogP contribution is 2.39. The van der Waals surface area contributed by atoms with E-state index in [1.807, 2.05) is 6.92 Å². The summed E-state index contributed by atoms with van der Waals surface area (Å²) in [6, 6.07) is 18.3. The molecule has 0 saturated heterocycles. The van der Waals surface area contributed by atoms with Gasteiger partial charge in [-0.15, -0.1) is 0 Å². The van der Waals surface area contributed by atoms with Crippen LogP contribution in [0.2, 0.25) is 10.0 Å². The summed E-state index contributed by atoms with van der Waals surface area (Å²) in [5.41, 5.74) is 8.87. The van der Waals surface area contributed by atoms with Crippen LogP contribution in [0, 0.1) is 6.92 Å². The molecule has 2 amide bonds. The zero-order chi connectivity index (χ0) is 39.1. The Morgan fingerprint density at radius 1 is 0.636 bits per heavy atom. The number of carbonyl (C=O) groups is 1. The summed E-state index contributed by atoms with van der Waals surface area (Å²) in [5.74, 6) is 3.69. The van der Waals surface area contributed by atoms with Crippen LogP contribution in [-0.2, 0) is 0 Å². The number of nitrogens with zero attached hydrogens (tertiary/aromatic N) is 5. The van der Waals surface area contributed by atoms with Gasteiger partial charge in [-0.2, -0.15) is 4.37 Å². The number of hydrogen-bond donors (Lipinski definition) is 3. The van der Waals surface area contributed by atoms with Gasteiger partial charge in [0.25, 0.3) is 0 Å². The van der Waals surface area contributed by atoms with E-state index >= 15 is 0 Å². The van der Waals surface area contributed by atoms with Gasteiger partial charge in [0.05, 0.1) is 66.0 Å². The van der Waals surface area contributed by atoms with Gasteiger partial charge in [-0.25, -0.2) is 24.7 Å². The van der Waals surface area contributed by atoms with Gasteiger partial charge < -0.3 is 39.5 Å². The zero-order valence-electron chi connectivity index (χ0n) is 29.8. The van der Waals surface area contributed by atoms with Crippen LogP contribution in [0.5, 0.6) is 46.3 Å². The zero-order valence-corrected chi connectivity index (χ0v) is 32.2. The van der Waals surface area contributed by atoms with E-state index in [0.717, 1.165) is 5.69 Å². The quantitative estimate of drug-likeness (QED) is 0.111. The molecule has 0 aliphatic carbocycles. The molecule has 55 heavy (non-hydrogen) atoms. The number of nitrogens with one attached hydrogen (secondary N) is 2. The van der Waals surface area contributed by atoms with Gasteiger partial charge in [0.1, 0.15) is 29.2 Å². The third kappa shape index (κ3) is 9.06. The summed E-state index contributed by atoms with van der Waals surface area (Å²) in [6.45, 7) is 1.85. The maximum Gasteiger partial charge on any atom is 0.324 e. The van der Waals surface area contributed by atoms with Crippen LogP contribution < -0.4 is 44.8 Å². The number of rotatable bonds is 10. The molecule has 4 aromatic carbocycles. The van der Waals surface area contributed by atoms with Gasteiger partial charge in [0.15, 0.2) is 23.0 Å². The van der Waals surface area contributed by atoms with Crippen molar-refractivity contribution >= 4 is 78.9 Å². The van der Waals surface area contributed by atoms with Crippen molar-refractivity contribution < 1.29 is 33.2 Å². The molecule has 0 spiro atoms. The molecule has 18 heteroatoms. The minimum absolute atomic E-state index is 0.295. The van der Waals surface area contributed by atoms with E-state index in [9.17, 15) is 4.79 Å². The van der Waals surface area contributed by atoms with E-state index in [2.05, 4.69) is 34.9 Å². The topological polar surface area (TPSA) is 187 Å². The lowest BCUT2D eigenvalue weighted by Gasteiger charge is -2.13. The molecular formula is C37H32Cl2N8O7S. The van der Waals surface area contributed by atoms with E-state index in [0.29, 0.717) is 94.5 Å². The minimum Gasteiger partial charge on any atom is -0.493 e. The molecule has 0 atom stereocenters. The fourth-order valence-electron chi connectivity index (χ4n) is 5.05. The maximum atomic E-state index is 12.2. The van der Waals surface area contributed by atoms with E-state index < -0.39 is 6.03 Å². The molecule has 4 N–H and O–H groups in total. The Morgan fingerprint density at radius 2 is 1.15 bits per heavy atom. The second kappa shape index (κ2) is 17.2. The minimum atomic E-state index is -0.402. The van der Waals surface area contributed by atoms with Crippen molar-refractivity contribution in [3.05, 3.63) is 95.1 Å². The summed E-state index contributed by atoms with van der Waals surface area (Å²) in [4.78, 5) is 29.1.